The van der Waals surface area contributed by atoms with Crippen LogP contribution in [0.1, 0.15) is 22.6 Å². The number of amides is 1. The molecule has 2 heterocycles. The SMILES string of the molecule is CN1CCN(c2ccc(Cc3nc4c(c(Nc5cccc(NC(=O)CCl)c5)n3)C=CC4)cc2)CC1. The smallest absolute Gasteiger partial charge is 0.239 e. The Labute approximate surface area is 210 Å². The summed E-state index contributed by atoms with van der Waals surface area (Å²) in [5.74, 6) is 1.24. The van der Waals surface area contributed by atoms with E-state index < -0.39 is 0 Å². The lowest BCUT2D eigenvalue weighted by atomic mass is 10.1. The van der Waals surface area contributed by atoms with Crippen LogP contribution >= 0.6 is 11.6 Å². The number of alkyl halides is 1. The molecule has 0 atom stereocenters. The second kappa shape index (κ2) is 10.5. The number of piperazine rings is 1. The van der Waals surface area contributed by atoms with Crippen LogP contribution < -0.4 is 15.5 Å². The number of allylic oxidation sites excluding steroid dienone is 1. The van der Waals surface area contributed by atoms with E-state index in [9.17, 15) is 4.79 Å². The summed E-state index contributed by atoms with van der Waals surface area (Å²) in [6, 6.07) is 16.3. The van der Waals surface area contributed by atoms with Crippen LogP contribution in [0, 0.1) is 0 Å². The first-order valence-corrected chi connectivity index (χ1v) is 12.4. The fourth-order valence-corrected chi connectivity index (χ4v) is 4.50. The molecule has 2 aliphatic rings. The van der Waals surface area contributed by atoms with Gasteiger partial charge in [0.15, 0.2) is 0 Å². The lowest BCUT2D eigenvalue weighted by Gasteiger charge is -2.34. The first-order valence-electron chi connectivity index (χ1n) is 11.9. The summed E-state index contributed by atoms with van der Waals surface area (Å²) < 4.78 is 0. The third-order valence-corrected chi connectivity index (χ3v) is 6.61. The summed E-state index contributed by atoms with van der Waals surface area (Å²) in [7, 11) is 2.17. The van der Waals surface area contributed by atoms with E-state index in [-0.39, 0.29) is 11.8 Å². The van der Waals surface area contributed by atoms with E-state index in [4.69, 9.17) is 21.6 Å². The number of nitrogens with one attached hydrogen (secondary N) is 2. The molecule has 180 valence electrons. The fraction of sp³-hybridized carbons (Fsp3) is 0.296. The van der Waals surface area contributed by atoms with E-state index in [0.29, 0.717) is 12.1 Å². The molecule has 5 rings (SSSR count). The Bertz CT molecular complexity index is 1230. The van der Waals surface area contributed by atoms with Crippen molar-refractivity contribution in [2.24, 2.45) is 0 Å². The number of fused-ring (bicyclic) bond motifs is 1. The molecule has 7 nitrogen and oxygen atoms in total. The van der Waals surface area contributed by atoms with Crippen LogP contribution in [0.25, 0.3) is 6.08 Å². The molecule has 0 unspecified atom stereocenters. The van der Waals surface area contributed by atoms with Crippen molar-refractivity contribution < 1.29 is 4.79 Å². The molecule has 1 aliphatic carbocycles. The van der Waals surface area contributed by atoms with Crippen molar-refractivity contribution >= 4 is 46.5 Å². The number of hydrogen-bond donors (Lipinski definition) is 2. The van der Waals surface area contributed by atoms with Crippen LogP contribution in [0.5, 0.6) is 0 Å². The molecule has 35 heavy (non-hydrogen) atoms. The molecule has 2 N–H and O–H groups in total. The Morgan fingerprint density at radius 1 is 1.03 bits per heavy atom. The number of nitrogens with zero attached hydrogens (tertiary/aromatic N) is 4. The largest absolute Gasteiger partial charge is 0.369 e. The van der Waals surface area contributed by atoms with Crippen LogP contribution in [0.2, 0.25) is 0 Å². The summed E-state index contributed by atoms with van der Waals surface area (Å²) in [4.78, 5) is 26.2. The lowest BCUT2D eigenvalue weighted by Crippen LogP contribution is -2.44. The van der Waals surface area contributed by atoms with Crippen molar-refractivity contribution in [1.29, 1.82) is 0 Å². The maximum atomic E-state index is 11.6. The lowest BCUT2D eigenvalue weighted by molar-refractivity contribution is -0.113. The van der Waals surface area contributed by atoms with Gasteiger partial charge in [0.2, 0.25) is 5.91 Å². The number of likely N-dealkylation sites (N-methyl/N-ethyl adjacent to an activating group) is 1. The van der Waals surface area contributed by atoms with Gasteiger partial charge in [-0.3, -0.25) is 4.79 Å². The molecule has 1 aliphatic heterocycles. The van der Waals surface area contributed by atoms with E-state index >= 15 is 0 Å². The monoisotopic (exact) mass is 488 g/mol. The first kappa shape index (κ1) is 23.3. The van der Waals surface area contributed by atoms with Crippen molar-refractivity contribution in [2.45, 2.75) is 12.8 Å². The molecule has 0 saturated carbocycles. The van der Waals surface area contributed by atoms with Crippen LogP contribution in [0.4, 0.5) is 22.9 Å². The van der Waals surface area contributed by atoms with E-state index in [1.807, 2.05) is 24.3 Å². The number of rotatable bonds is 7. The van der Waals surface area contributed by atoms with E-state index in [1.165, 1.54) is 11.3 Å². The fourth-order valence-electron chi connectivity index (χ4n) is 4.44. The Morgan fingerprint density at radius 2 is 1.80 bits per heavy atom. The van der Waals surface area contributed by atoms with Crippen LogP contribution in [-0.4, -0.2) is 59.9 Å². The number of halogens is 1. The number of carbonyl (C=O) groups excluding carboxylic acids is 1. The molecule has 1 amide bonds. The van der Waals surface area contributed by atoms with Crippen molar-refractivity contribution in [2.75, 3.05) is 54.6 Å². The van der Waals surface area contributed by atoms with Crippen molar-refractivity contribution in [3.05, 3.63) is 77.3 Å². The third kappa shape index (κ3) is 5.63. The Balaban J connectivity index is 1.33. The standard InChI is InChI=1S/C27H29ClN6O/c1-33-12-14-34(15-13-33)22-10-8-19(9-11-22)16-25-31-24-7-3-6-23(24)27(32-25)30-21-5-2-4-20(17-21)29-26(35)18-28/h2-6,8-11,17H,7,12-16,18H2,1H3,(H,29,35)(H,30,31,32). The molecular weight excluding hydrogens is 460 g/mol. The van der Waals surface area contributed by atoms with Gasteiger partial charge in [0.05, 0.1) is 5.69 Å². The molecule has 1 fully saturated rings. The van der Waals surface area contributed by atoms with Crippen molar-refractivity contribution in [3.8, 4) is 0 Å². The zero-order valence-electron chi connectivity index (χ0n) is 19.8. The van der Waals surface area contributed by atoms with Gasteiger partial charge in [0.1, 0.15) is 17.5 Å². The van der Waals surface area contributed by atoms with Crippen molar-refractivity contribution in [3.63, 3.8) is 0 Å². The molecule has 1 aromatic heterocycles. The zero-order valence-corrected chi connectivity index (χ0v) is 20.6. The highest BCUT2D eigenvalue weighted by atomic mass is 35.5. The summed E-state index contributed by atoms with van der Waals surface area (Å²) in [6.07, 6.45) is 5.63. The number of carbonyl (C=O) groups is 1. The van der Waals surface area contributed by atoms with Gasteiger partial charge in [0.25, 0.3) is 0 Å². The topological polar surface area (TPSA) is 73.4 Å². The van der Waals surface area contributed by atoms with Gasteiger partial charge in [-0.2, -0.15) is 0 Å². The minimum absolute atomic E-state index is 0.0818. The first-order chi connectivity index (χ1) is 17.1. The van der Waals surface area contributed by atoms with Crippen molar-refractivity contribution in [1.82, 2.24) is 14.9 Å². The highest BCUT2D eigenvalue weighted by Gasteiger charge is 2.17. The quantitative estimate of drug-likeness (QED) is 0.483. The van der Waals surface area contributed by atoms with E-state index in [2.05, 4.69) is 63.9 Å². The number of hydrogen-bond acceptors (Lipinski definition) is 6. The predicted octanol–water partition coefficient (Wildman–Crippen LogP) is 4.31. The Kier molecular flexibility index (Phi) is 6.97. The average Bonchev–Trinajstić information content (AvgIpc) is 3.34. The van der Waals surface area contributed by atoms with Crippen LogP contribution in [0.3, 0.4) is 0 Å². The highest BCUT2D eigenvalue weighted by Crippen LogP contribution is 2.29. The second-order valence-corrected chi connectivity index (χ2v) is 9.24. The highest BCUT2D eigenvalue weighted by molar-refractivity contribution is 6.29. The Hall–Kier alpha value is -3.42. The van der Waals surface area contributed by atoms with Gasteiger partial charge >= 0.3 is 0 Å². The van der Waals surface area contributed by atoms with Crippen LogP contribution in [-0.2, 0) is 17.6 Å². The summed E-state index contributed by atoms with van der Waals surface area (Å²) in [6.45, 7) is 4.30. The summed E-state index contributed by atoms with van der Waals surface area (Å²) in [5, 5.41) is 6.20. The molecule has 0 bridgehead atoms. The van der Waals surface area contributed by atoms with Gasteiger partial charge in [-0.15, -0.1) is 11.6 Å². The van der Waals surface area contributed by atoms with Gasteiger partial charge in [-0.25, -0.2) is 9.97 Å². The minimum atomic E-state index is -0.240. The number of benzene rings is 2. The van der Waals surface area contributed by atoms with Gasteiger partial charge in [0, 0.05) is 61.6 Å². The number of anilines is 4. The minimum Gasteiger partial charge on any atom is -0.369 e. The molecule has 8 heteroatoms. The molecule has 0 radical (unpaired) electrons. The molecule has 0 spiro atoms. The predicted molar refractivity (Wildman–Crippen MR) is 143 cm³/mol. The van der Waals surface area contributed by atoms with Gasteiger partial charge in [-0.05, 0) is 42.9 Å². The summed E-state index contributed by atoms with van der Waals surface area (Å²) >= 11 is 5.62. The average molecular weight is 489 g/mol. The van der Waals surface area contributed by atoms with Gasteiger partial charge < -0.3 is 20.4 Å². The zero-order chi connectivity index (χ0) is 24.2. The van der Waals surface area contributed by atoms with Gasteiger partial charge in [-0.1, -0.05) is 30.4 Å². The van der Waals surface area contributed by atoms with Crippen LogP contribution in [0.15, 0.2) is 54.6 Å². The molecular formula is C27H29ClN6O. The maximum Gasteiger partial charge on any atom is 0.239 e. The molecule has 1 saturated heterocycles. The summed E-state index contributed by atoms with van der Waals surface area (Å²) in [5.41, 5.74) is 6.01. The number of aromatic nitrogens is 2. The second-order valence-electron chi connectivity index (χ2n) is 8.98. The Morgan fingerprint density at radius 3 is 2.57 bits per heavy atom. The van der Waals surface area contributed by atoms with E-state index in [0.717, 1.165) is 61.2 Å². The molecule has 3 aromatic rings. The normalized spacial score (nSPS) is 15.2. The molecule has 2 aromatic carbocycles. The third-order valence-electron chi connectivity index (χ3n) is 6.36. The maximum absolute atomic E-state index is 11.6. The van der Waals surface area contributed by atoms with E-state index in [1.54, 1.807) is 0 Å².